The average Bonchev–Trinajstić information content (AvgIpc) is 2.60. The average molecular weight is 360 g/mol. The van der Waals surface area contributed by atoms with Crippen LogP contribution in [0.5, 0.6) is 0 Å². The van der Waals surface area contributed by atoms with Crippen molar-refractivity contribution in [3.63, 3.8) is 0 Å². The van der Waals surface area contributed by atoms with Crippen molar-refractivity contribution in [1.29, 1.82) is 0 Å². The van der Waals surface area contributed by atoms with E-state index in [1.54, 1.807) is 18.3 Å². The minimum atomic E-state index is -0.365. The van der Waals surface area contributed by atoms with E-state index in [1.165, 1.54) is 4.68 Å². The Hall–Kier alpha value is -2.30. The van der Waals surface area contributed by atoms with Gasteiger partial charge in [0.15, 0.2) is 0 Å². The second kappa shape index (κ2) is 7.07. The monoisotopic (exact) mass is 359 g/mol. The van der Waals surface area contributed by atoms with Crippen LogP contribution in [0.4, 0.5) is 5.69 Å². The minimum absolute atomic E-state index is 0.0476. The predicted octanol–water partition coefficient (Wildman–Crippen LogP) is 4.71. The van der Waals surface area contributed by atoms with Gasteiger partial charge in [-0.3, -0.25) is 4.79 Å². The van der Waals surface area contributed by atoms with Crippen LogP contribution in [0.25, 0.3) is 5.69 Å². The lowest BCUT2D eigenvalue weighted by Gasteiger charge is -2.17. The van der Waals surface area contributed by atoms with Crippen molar-refractivity contribution in [2.45, 2.75) is 13.0 Å². The fourth-order valence-electron chi connectivity index (χ4n) is 2.35. The second-order valence-electron chi connectivity index (χ2n) is 5.34. The van der Waals surface area contributed by atoms with E-state index in [0.29, 0.717) is 16.4 Å². The van der Waals surface area contributed by atoms with Crippen LogP contribution in [0.2, 0.25) is 10.0 Å². The lowest BCUT2D eigenvalue weighted by Crippen LogP contribution is -2.23. The van der Waals surface area contributed by atoms with E-state index >= 15 is 0 Å². The van der Waals surface area contributed by atoms with Crippen LogP contribution in [-0.4, -0.2) is 9.78 Å². The summed E-state index contributed by atoms with van der Waals surface area (Å²) in [6.07, 6.45) is 1.56. The Kier molecular flexibility index (Phi) is 4.88. The molecule has 1 N–H and O–H groups in total. The van der Waals surface area contributed by atoms with Gasteiger partial charge in [0.2, 0.25) is 0 Å². The second-order valence-corrected chi connectivity index (χ2v) is 6.16. The van der Waals surface area contributed by atoms with E-state index in [0.717, 1.165) is 5.56 Å². The molecule has 1 aromatic heterocycles. The molecule has 0 aliphatic heterocycles. The molecule has 122 valence electrons. The number of hydrogen-bond acceptors (Lipinski definition) is 3. The van der Waals surface area contributed by atoms with Crippen LogP contribution in [-0.2, 0) is 0 Å². The summed E-state index contributed by atoms with van der Waals surface area (Å²) in [5, 5.41) is 8.20. The van der Waals surface area contributed by atoms with Crippen molar-refractivity contribution in [3.05, 3.63) is 86.8 Å². The molecule has 0 amide bonds. The van der Waals surface area contributed by atoms with Crippen molar-refractivity contribution < 1.29 is 0 Å². The Morgan fingerprint density at radius 1 is 1.04 bits per heavy atom. The van der Waals surface area contributed by atoms with E-state index in [2.05, 4.69) is 10.4 Å². The van der Waals surface area contributed by atoms with Gasteiger partial charge in [0.1, 0.15) is 5.02 Å². The first-order valence-electron chi connectivity index (χ1n) is 7.41. The molecule has 0 unspecified atom stereocenters. The summed E-state index contributed by atoms with van der Waals surface area (Å²) in [4.78, 5) is 12.5. The molecule has 0 radical (unpaired) electrons. The molecule has 0 bridgehead atoms. The number of hydrogen-bond donors (Lipinski definition) is 1. The molecule has 2 aromatic carbocycles. The smallest absolute Gasteiger partial charge is 0.292 e. The summed E-state index contributed by atoms with van der Waals surface area (Å²) in [5.41, 5.74) is 1.83. The van der Waals surface area contributed by atoms with Crippen molar-refractivity contribution >= 4 is 28.9 Å². The van der Waals surface area contributed by atoms with E-state index in [9.17, 15) is 4.79 Å². The highest BCUT2D eigenvalue weighted by Crippen LogP contribution is 2.24. The molecule has 0 spiro atoms. The van der Waals surface area contributed by atoms with Gasteiger partial charge in [0.25, 0.3) is 5.56 Å². The molecule has 3 rings (SSSR count). The summed E-state index contributed by atoms with van der Waals surface area (Å²) in [6, 6.07) is 16.6. The maximum absolute atomic E-state index is 12.5. The molecule has 0 saturated carbocycles. The first-order chi connectivity index (χ1) is 11.6. The van der Waals surface area contributed by atoms with Gasteiger partial charge in [-0.2, -0.15) is 9.78 Å². The summed E-state index contributed by atoms with van der Waals surface area (Å²) in [6.45, 7) is 1.97. The molecule has 0 aliphatic rings. The van der Waals surface area contributed by atoms with Crippen molar-refractivity contribution in [3.8, 4) is 5.69 Å². The third-order valence-corrected chi connectivity index (χ3v) is 4.28. The number of aromatic nitrogens is 2. The van der Waals surface area contributed by atoms with Crippen LogP contribution >= 0.6 is 23.2 Å². The first kappa shape index (κ1) is 16.6. The molecule has 1 heterocycles. The normalized spacial score (nSPS) is 12.0. The third kappa shape index (κ3) is 3.45. The molecule has 6 heteroatoms. The lowest BCUT2D eigenvalue weighted by atomic mass is 10.1. The van der Waals surface area contributed by atoms with Gasteiger partial charge in [0, 0.05) is 11.1 Å². The maximum Gasteiger partial charge on any atom is 0.292 e. The Morgan fingerprint density at radius 2 is 1.71 bits per heavy atom. The van der Waals surface area contributed by atoms with Crippen LogP contribution in [0.1, 0.15) is 18.5 Å². The van der Waals surface area contributed by atoms with Crippen LogP contribution < -0.4 is 10.9 Å². The number of nitrogens with one attached hydrogen (secondary N) is 1. The summed E-state index contributed by atoms with van der Waals surface area (Å²) in [5.74, 6) is 0. The largest absolute Gasteiger partial charge is 0.376 e. The molecule has 0 fully saturated rings. The SMILES string of the molecule is C[C@@H](Nc1cnn(-c2ccccc2)c(=O)c1Cl)c1ccc(Cl)cc1. The molecule has 4 nitrogen and oxygen atoms in total. The Balaban J connectivity index is 1.89. The Bertz CT molecular complexity index is 892. The number of benzene rings is 2. The number of halogens is 2. The van der Waals surface area contributed by atoms with Gasteiger partial charge >= 0.3 is 0 Å². The van der Waals surface area contributed by atoms with Gasteiger partial charge < -0.3 is 5.32 Å². The highest BCUT2D eigenvalue weighted by Gasteiger charge is 2.13. The van der Waals surface area contributed by atoms with Crippen molar-refractivity contribution in [1.82, 2.24) is 9.78 Å². The van der Waals surface area contributed by atoms with Crippen LogP contribution in [0.15, 0.2) is 65.6 Å². The standard InChI is InChI=1S/C18H15Cl2N3O/c1-12(13-7-9-14(19)10-8-13)22-16-11-21-23(18(24)17(16)20)15-5-3-2-4-6-15/h2-12,22H,1H3/t12-/m1/s1. The number of nitrogens with zero attached hydrogens (tertiary/aromatic N) is 2. The highest BCUT2D eigenvalue weighted by molar-refractivity contribution is 6.33. The van der Waals surface area contributed by atoms with E-state index in [4.69, 9.17) is 23.2 Å². The van der Waals surface area contributed by atoms with Crippen LogP contribution in [0.3, 0.4) is 0 Å². The predicted molar refractivity (Wildman–Crippen MR) is 98.3 cm³/mol. The summed E-state index contributed by atoms with van der Waals surface area (Å²) < 4.78 is 1.28. The summed E-state index contributed by atoms with van der Waals surface area (Å²) >= 11 is 12.2. The fourth-order valence-corrected chi connectivity index (χ4v) is 2.66. The highest BCUT2D eigenvalue weighted by atomic mass is 35.5. The van der Waals surface area contributed by atoms with E-state index < -0.39 is 0 Å². The van der Waals surface area contributed by atoms with Gasteiger partial charge in [-0.15, -0.1) is 0 Å². The Morgan fingerprint density at radius 3 is 2.38 bits per heavy atom. The zero-order valence-electron chi connectivity index (χ0n) is 12.9. The van der Waals surface area contributed by atoms with Crippen LogP contribution in [0, 0.1) is 0 Å². The molecule has 1 atom stereocenters. The van der Waals surface area contributed by atoms with Crippen molar-refractivity contribution in [2.75, 3.05) is 5.32 Å². The molecule has 24 heavy (non-hydrogen) atoms. The van der Waals surface area contributed by atoms with Gasteiger partial charge in [0.05, 0.1) is 17.6 Å². The zero-order chi connectivity index (χ0) is 17.1. The number of para-hydroxylation sites is 1. The van der Waals surface area contributed by atoms with E-state index in [1.807, 2.05) is 49.4 Å². The topological polar surface area (TPSA) is 46.9 Å². The Labute approximate surface area is 149 Å². The van der Waals surface area contributed by atoms with E-state index in [-0.39, 0.29) is 16.6 Å². The van der Waals surface area contributed by atoms with Gasteiger partial charge in [-0.05, 0) is 36.8 Å². The first-order valence-corrected chi connectivity index (χ1v) is 8.17. The molecular formula is C18H15Cl2N3O. The summed E-state index contributed by atoms with van der Waals surface area (Å²) in [7, 11) is 0. The fraction of sp³-hybridized carbons (Fsp3) is 0.111. The molecule has 0 saturated heterocycles. The lowest BCUT2D eigenvalue weighted by molar-refractivity contribution is 0.799. The molecule has 0 aliphatic carbocycles. The zero-order valence-corrected chi connectivity index (χ0v) is 14.4. The number of rotatable bonds is 4. The van der Waals surface area contributed by atoms with Gasteiger partial charge in [-0.25, -0.2) is 0 Å². The quantitative estimate of drug-likeness (QED) is 0.733. The molecule has 3 aromatic rings. The van der Waals surface area contributed by atoms with Gasteiger partial charge in [-0.1, -0.05) is 53.5 Å². The van der Waals surface area contributed by atoms with Crippen molar-refractivity contribution in [2.24, 2.45) is 0 Å². The maximum atomic E-state index is 12.5. The minimum Gasteiger partial charge on any atom is -0.376 e. The third-order valence-electron chi connectivity index (χ3n) is 3.66. The molecular weight excluding hydrogens is 345 g/mol. The number of anilines is 1.